The van der Waals surface area contributed by atoms with Gasteiger partial charge in [-0.1, -0.05) is 6.07 Å². The van der Waals surface area contributed by atoms with Crippen LogP contribution in [0.25, 0.3) is 0 Å². The van der Waals surface area contributed by atoms with Gasteiger partial charge >= 0.3 is 33.0 Å². The van der Waals surface area contributed by atoms with Crippen molar-refractivity contribution in [3.8, 4) is 0 Å². The first-order valence-corrected chi connectivity index (χ1v) is 5.92. The molecule has 1 aromatic heterocycles. The van der Waals surface area contributed by atoms with E-state index in [2.05, 4.69) is 23.9 Å². The van der Waals surface area contributed by atoms with E-state index >= 15 is 0 Å². The Morgan fingerprint density at radius 3 is 1.40 bits per heavy atom. The van der Waals surface area contributed by atoms with Gasteiger partial charge < -0.3 is 0 Å². The molecule has 0 aliphatic heterocycles. The summed E-state index contributed by atoms with van der Waals surface area (Å²) in [5.74, 6) is 0. The Morgan fingerprint density at radius 2 is 1.20 bits per heavy atom. The minimum atomic E-state index is -10.7. The summed E-state index contributed by atoms with van der Waals surface area (Å²) < 4.78 is 61.3. The van der Waals surface area contributed by atoms with Crippen molar-refractivity contribution in [2.24, 2.45) is 0 Å². The van der Waals surface area contributed by atoms with Crippen molar-refractivity contribution in [3.05, 3.63) is 30.6 Å². The van der Waals surface area contributed by atoms with Gasteiger partial charge in [0.2, 0.25) is 0 Å². The second-order valence-electron chi connectivity index (χ2n) is 2.66. The zero-order valence-electron chi connectivity index (χ0n) is 7.76. The van der Waals surface area contributed by atoms with E-state index in [1.54, 1.807) is 0 Å². The molecule has 1 heterocycles. The van der Waals surface area contributed by atoms with Crippen LogP contribution in [0.3, 0.4) is 0 Å². The van der Waals surface area contributed by atoms with Gasteiger partial charge in [0.15, 0.2) is 12.4 Å². The molecule has 0 aromatic carbocycles. The van der Waals surface area contributed by atoms with Crippen LogP contribution in [-0.2, 0) is 6.54 Å². The number of rotatable bonds is 1. The van der Waals surface area contributed by atoms with Gasteiger partial charge in [0.25, 0.3) is 0 Å². The summed E-state index contributed by atoms with van der Waals surface area (Å²) in [7, 11) is -10.7. The van der Waals surface area contributed by atoms with Gasteiger partial charge in [-0.15, -0.1) is 0 Å². The molecule has 0 atom stereocenters. The molecule has 90 valence electrons. The summed E-state index contributed by atoms with van der Waals surface area (Å²) in [4.78, 5) is 0. The molecule has 0 amide bonds. The summed E-state index contributed by atoms with van der Waals surface area (Å²) in [6, 6.07) is 6.08. The van der Waals surface area contributed by atoms with Gasteiger partial charge in [-0.2, -0.15) is 0 Å². The SMILES string of the molecule is CC[n+]1ccccc1.F[P-](F)(F)(F)(F)F. The predicted octanol–water partition coefficient (Wildman–Crippen LogP) is 4.38. The third-order valence-electron chi connectivity index (χ3n) is 1.14. The van der Waals surface area contributed by atoms with E-state index in [9.17, 15) is 25.2 Å². The molecular formula is C7H10F6NP. The number of hydrogen-bond acceptors (Lipinski definition) is 0. The Balaban J connectivity index is 0.000000265. The number of pyridine rings is 1. The fraction of sp³-hybridized carbons (Fsp3) is 0.286. The van der Waals surface area contributed by atoms with Gasteiger partial charge in [-0.3, -0.25) is 0 Å². The van der Waals surface area contributed by atoms with Crippen LogP contribution in [0.2, 0.25) is 0 Å². The van der Waals surface area contributed by atoms with E-state index < -0.39 is 7.81 Å². The third-order valence-corrected chi connectivity index (χ3v) is 1.14. The number of nitrogens with zero attached hydrogens (tertiary/aromatic N) is 1. The molecule has 1 nitrogen and oxygen atoms in total. The number of halogens is 6. The van der Waals surface area contributed by atoms with E-state index in [0.29, 0.717) is 0 Å². The molecule has 1 rings (SSSR count). The normalized spacial score (nSPS) is 15.7. The third kappa shape index (κ3) is 19.5. The van der Waals surface area contributed by atoms with E-state index in [-0.39, 0.29) is 0 Å². The molecular weight excluding hydrogens is 243 g/mol. The first-order chi connectivity index (χ1) is 6.38. The maximum atomic E-state index is 9.87. The Hall–Kier alpha value is -0.840. The quantitative estimate of drug-likeness (QED) is 0.397. The zero-order chi connectivity index (χ0) is 12.2. The molecule has 0 N–H and O–H groups in total. The van der Waals surface area contributed by atoms with Crippen LogP contribution in [0.1, 0.15) is 6.92 Å². The van der Waals surface area contributed by atoms with Crippen LogP contribution >= 0.6 is 7.81 Å². The number of hydrogen-bond donors (Lipinski definition) is 0. The summed E-state index contributed by atoms with van der Waals surface area (Å²) in [5, 5.41) is 0. The van der Waals surface area contributed by atoms with Crippen LogP contribution < -0.4 is 4.57 Å². The van der Waals surface area contributed by atoms with Crippen LogP contribution in [0.4, 0.5) is 25.2 Å². The van der Waals surface area contributed by atoms with E-state index in [1.165, 1.54) is 0 Å². The van der Waals surface area contributed by atoms with Crippen LogP contribution in [-0.4, -0.2) is 0 Å². The van der Waals surface area contributed by atoms with Gasteiger partial charge in [0.05, 0.1) is 0 Å². The van der Waals surface area contributed by atoms with Gasteiger partial charge in [-0.25, -0.2) is 4.57 Å². The standard InChI is InChI=1S/C7H10N.F6P/c1-2-8-6-4-3-5-7-8;1-7(2,3,4,5)6/h3-7H,2H2,1H3;/q+1;-1. The van der Waals surface area contributed by atoms with E-state index in [1.807, 2.05) is 18.2 Å². The minimum absolute atomic E-state index is 1.06. The molecule has 0 aliphatic rings. The monoisotopic (exact) mass is 253 g/mol. The Kier molecular flexibility index (Phi) is 3.42. The Labute approximate surface area is 82.6 Å². The zero-order valence-corrected chi connectivity index (χ0v) is 8.65. The van der Waals surface area contributed by atoms with Gasteiger partial charge in [-0.05, 0) is 6.92 Å². The van der Waals surface area contributed by atoms with Gasteiger partial charge in [0.1, 0.15) is 6.54 Å². The summed E-state index contributed by atoms with van der Waals surface area (Å²) in [6.07, 6.45) is 4.11. The molecule has 0 aliphatic carbocycles. The molecule has 0 unspecified atom stereocenters. The first kappa shape index (κ1) is 14.2. The summed E-state index contributed by atoms with van der Waals surface area (Å²) >= 11 is 0. The Bertz CT molecular complexity index is 292. The summed E-state index contributed by atoms with van der Waals surface area (Å²) in [6.45, 7) is 3.18. The molecule has 8 heteroatoms. The Morgan fingerprint density at radius 1 is 0.867 bits per heavy atom. The molecule has 0 saturated heterocycles. The fourth-order valence-electron chi connectivity index (χ4n) is 0.645. The molecule has 0 spiro atoms. The molecule has 15 heavy (non-hydrogen) atoms. The van der Waals surface area contributed by atoms with Crippen molar-refractivity contribution in [3.63, 3.8) is 0 Å². The van der Waals surface area contributed by atoms with Crippen molar-refractivity contribution in [2.75, 3.05) is 0 Å². The van der Waals surface area contributed by atoms with Crippen molar-refractivity contribution >= 4 is 7.81 Å². The van der Waals surface area contributed by atoms with Crippen LogP contribution in [0, 0.1) is 0 Å². The van der Waals surface area contributed by atoms with Crippen molar-refractivity contribution in [1.82, 2.24) is 0 Å². The van der Waals surface area contributed by atoms with E-state index in [4.69, 9.17) is 0 Å². The van der Waals surface area contributed by atoms with Crippen molar-refractivity contribution in [1.29, 1.82) is 0 Å². The average Bonchev–Trinajstić information content (AvgIpc) is 2.00. The van der Waals surface area contributed by atoms with Crippen molar-refractivity contribution < 1.29 is 29.7 Å². The number of aryl methyl sites for hydroxylation is 1. The predicted molar refractivity (Wildman–Crippen MR) is 45.9 cm³/mol. The number of aromatic nitrogens is 1. The van der Waals surface area contributed by atoms with Crippen LogP contribution in [0.5, 0.6) is 0 Å². The fourth-order valence-corrected chi connectivity index (χ4v) is 0.645. The van der Waals surface area contributed by atoms with Crippen LogP contribution in [0.15, 0.2) is 30.6 Å². The molecule has 0 radical (unpaired) electrons. The topological polar surface area (TPSA) is 3.88 Å². The second-order valence-corrected chi connectivity index (χ2v) is 4.58. The van der Waals surface area contributed by atoms with Crippen molar-refractivity contribution in [2.45, 2.75) is 13.5 Å². The molecule has 0 fully saturated rings. The molecule has 0 bridgehead atoms. The molecule has 1 aromatic rings. The van der Waals surface area contributed by atoms with E-state index in [0.717, 1.165) is 6.54 Å². The molecule has 0 saturated carbocycles. The first-order valence-electron chi connectivity index (χ1n) is 3.89. The average molecular weight is 253 g/mol. The summed E-state index contributed by atoms with van der Waals surface area (Å²) in [5.41, 5.74) is 0. The van der Waals surface area contributed by atoms with Gasteiger partial charge in [0, 0.05) is 12.1 Å². The second kappa shape index (κ2) is 3.63. The maximum absolute atomic E-state index is 10.7.